The van der Waals surface area contributed by atoms with Crippen LogP contribution in [0.5, 0.6) is 0 Å². The van der Waals surface area contributed by atoms with Crippen molar-refractivity contribution in [2.75, 3.05) is 18.0 Å². The van der Waals surface area contributed by atoms with Crippen LogP contribution in [0.1, 0.15) is 23.3 Å². The van der Waals surface area contributed by atoms with Gasteiger partial charge in [-0.3, -0.25) is 4.79 Å². The summed E-state index contributed by atoms with van der Waals surface area (Å²) in [5.74, 6) is -0.194. The smallest absolute Gasteiger partial charge is 0.222 e. The first-order chi connectivity index (χ1) is 11.2. The molecule has 0 spiro atoms. The van der Waals surface area contributed by atoms with Crippen LogP contribution in [0.25, 0.3) is 0 Å². The van der Waals surface area contributed by atoms with Crippen molar-refractivity contribution >= 4 is 22.9 Å². The van der Waals surface area contributed by atoms with Crippen molar-refractivity contribution < 1.29 is 4.79 Å². The molecule has 3 rings (SSSR count). The maximum atomic E-state index is 11.4. The Morgan fingerprint density at radius 1 is 1.26 bits per heavy atom. The van der Waals surface area contributed by atoms with Crippen molar-refractivity contribution in [1.29, 1.82) is 0 Å². The topological polar surface area (TPSA) is 58.4 Å². The number of nitrogens with zero attached hydrogens (tertiary/aromatic N) is 1. The minimum atomic E-state index is -0.177. The molecule has 0 saturated carbocycles. The van der Waals surface area contributed by atoms with Crippen LogP contribution in [0.15, 0.2) is 41.8 Å². The molecule has 2 aromatic rings. The average molecular weight is 329 g/mol. The summed E-state index contributed by atoms with van der Waals surface area (Å²) in [6.45, 7) is 3.51. The SMILES string of the molecule is NC(=O)[C@H]1CCCN(c2ccc(CNCc3cccs3)cc2)C1. The molecule has 1 aromatic carbocycles. The molecule has 3 N–H and O–H groups in total. The minimum Gasteiger partial charge on any atom is -0.371 e. The predicted octanol–water partition coefficient (Wildman–Crippen LogP) is 2.74. The van der Waals surface area contributed by atoms with Gasteiger partial charge in [0, 0.05) is 36.7 Å². The molecule has 1 amide bonds. The van der Waals surface area contributed by atoms with Gasteiger partial charge in [-0.25, -0.2) is 0 Å². The number of benzene rings is 1. The molecule has 5 heteroatoms. The summed E-state index contributed by atoms with van der Waals surface area (Å²) in [6.07, 6.45) is 1.94. The third-order valence-corrected chi connectivity index (χ3v) is 5.21. The summed E-state index contributed by atoms with van der Waals surface area (Å²) in [7, 11) is 0. The van der Waals surface area contributed by atoms with Gasteiger partial charge in [0.25, 0.3) is 0 Å². The number of carbonyl (C=O) groups excluding carboxylic acids is 1. The number of anilines is 1. The molecule has 23 heavy (non-hydrogen) atoms. The Bertz CT molecular complexity index is 624. The minimum absolute atomic E-state index is 0.0177. The molecule has 0 aliphatic carbocycles. The zero-order valence-corrected chi connectivity index (χ0v) is 14.0. The monoisotopic (exact) mass is 329 g/mol. The fraction of sp³-hybridized carbons (Fsp3) is 0.389. The van der Waals surface area contributed by atoms with Crippen LogP contribution in [0.4, 0.5) is 5.69 Å². The molecule has 0 radical (unpaired) electrons. The molecule has 1 aromatic heterocycles. The van der Waals surface area contributed by atoms with E-state index in [1.54, 1.807) is 11.3 Å². The van der Waals surface area contributed by atoms with E-state index in [0.29, 0.717) is 0 Å². The van der Waals surface area contributed by atoms with E-state index < -0.39 is 0 Å². The Labute approximate surface area is 141 Å². The molecule has 1 aliphatic rings. The summed E-state index contributed by atoms with van der Waals surface area (Å²) in [4.78, 5) is 15.0. The molecule has 1 atom stereocenters. The second kappa shape index (κ2) is 7.62. The Morgan fingerprint density at radius 2 is 2.09 bits per heavy atom. The fourth-order valence-electron chi connectivity index (χ4n) is 3.01. The fourth-order valence-corrected chi connectivity index (χ4v) is 3.69. The van der Waals surface area contributed by atoms with E-state index >= 15 is 0 Å². The van der Waals surface area contributed by atoms with Gasteiger partial charge in [0.15, 0.2) is 0 Å². The van der Waals surface area contributed by atoms with Crippen LogP contribution >= 0.6 is 11.3 Å². The summed E-state index contributed by atoms with van der Waals surface area (Å²) >= 11 is 1.77. The zero-order chi connectivity index (χ0) is 16.1. The number of amides is 1. The van der Waals surface area contributed by atoms with Crippen molar-refractivity contribution in [2.45, 2.75) is 25.9 Å². The summed E-state index contributed by atoms with van der Waals surface area (Å²) < 4.78 is 0. The Balaban J connectivity index is 1.53. The third-order valence-electron chi connectivity index (χ3n) is 4.33. The largest absolute Gasteiger partial charge is 0.371 e. The van der Waals surface area contributed by atoms with Crippen LogP contribution in [0.2, 0.25) is 0 Å². The first kappa shape index (κ1) is 16.0. The van der Waals surface area contributed by atoms with Crippen molar-refractivity contribution in [2.24, 2.45) is 11.7 Å². The van der Waals surface area contributed by atoms with Gasteiger partial charge in [-0.1, -0.05) is 18.2 Å². The molecule has 1 fully saturated rings. The number of hydrogen-bond acceptors (Lipinski definition) is 4. The van der Waals surface area contributed by atoms with E-state index in [-0.39, 0.29) is 11.8 Å². The van der Waals surface area contributed by atoms with Crippen LogP contribution < -0.4 is 16.0 Å². The second-order valence-corrected chi connectivity index (χ2v) is 7.07. The van der Waals surface area contributed by atoms with Gasteiger partial charge in [0.1, 0.15) is 0 Å². The molecular weight excluding hydrogens is 306 g/mol. The molecule has 122 valence electrons. The third kappa shape index (κ3) is 4.33. The highest BCUT2D eigenvalue weighted by molar-refractivity contribution is 7.09. The highest BCUT2D eigenvalue weighted by Gasteiger charge is 2.23. The van der Waals surface area contributed by atoms with Crippen LogP contribution in [-0.4, -0.2) is 19.0 Å². The van der Waals surface area contributed by atoms with Crippen LogP contribution in [0.3, 0.4) is 0 Å². The first-order valence-electron chi connectivity index (χ1n) is 8.08. The lowest BCUT2D eigenvalue weighted by Gasteiger charge is -2.33. The predicted molar refractivity (Wildman–Crippen MR) is 95.4 cm³/mol. The van der Waals surface area contributed by atoms with E-state index in [2.05, 4.69) is 52.0 Å². The van der Waals surface area contributed by atoms with Gasteiger partial charge in [0.2, 0.25) is 5.91 Å². The number of nitrogens with two attached hydrogens (primary N) is 1. The molecule has 1 aliphatic heterocycles. The molecule has 0 bridgehead atoms. The maximum Gasteiger partial charge on any atom is 0.222 e. The molecule has 4 nitrogen and oxygen atoms in total. The Hall–Kier alpha value is -1.85. The van der Waals surface area contributed by atoms with E-state index in [1.807, 2.05) is 0 Å². The van der Waals surface area contributed by atoms with Crippen molar-refractivity contribution in [3.63, 3.8) is 0 Å². The van der Waals surface area contributed by atoms with Gasteiger partial charge < -0.3 is 16.0 Å². The normalized spacial score (nSPS) is 18.1. The number of piperidine rings is 1. The van der Waals surface area contributed by atoms with Crippen molar-refractivity contribution in [3.05, 3.63) is 52.2 Å². The summed E-state index contributed by atoms with van der Waals surface area (Å²) in [6, 6.07) is 12.8. The highest BCUT2D eigenvalue weighted by atomic mass is 32.1. The van der Waals surface area contributed by atoms with Gasteiger partial charge in [-0.05, 0) is 42.0 Å². The molecule has 2 heterocycles. The van der Waals surface area contributed by atoms with E-state index in [0.717, 1.165) is 39.0 Å². The van der Waals surface area contributed by atoms with Gasteiger partial charge in [-0.2, -0.15) is 0 Å². The molecule has 1 saturated heterocycles. The Kier molecular flexibility index (Phi) is 5.31. The van der Waals surface area contributed by atoms with Crippen molar-refractivity contribution in [1.82, 2.24) is 5.32 Å². The second-order valence-electron chi connectivity index (χ2n) is 6.04. The van der Waals surface area contributed by atoms with Crippen LogP contribution in [0, 0.1) is 5.92 Å². The number of hydrogen-bond donors (Lipinski definition) is 2. The van der Waals surface area contributed by atoms with Gasteiger partial charge in [-0.15, -0.1) is 11.3 Å². The maximum absolute atomic E-state index is 11.4. The lowest BCUT2D eigenvalue weighted by Crippen LogP contribution is -2.41. The number of nitrogens with one attached hydrogen (secondary N) is 1. The summed E-state index contributed by atoms with van der Waals surface area (Å²) in [5.41, 5.74) is 7.90. The van der Waals surface area contributed by atoms with E-state index in [4.69, 9.17) is 5.73 Å². The lowest BCUT2D eigenvalue weighted by molar-refractivity contribution is -0.122. The first-order valence-corrected chi connectivity index (χ1v) is 8.96. The number of thiophene rings is 1. The zero-order valence-electron chi connectivity index (χ0n) is 13.2. The number of rotatable bonds is 6. The quantitative estimate of drug-likeness (QED) is 0.857. The number of primary amides is 1. The molecular formula is C18H23N3OS. The average Bonchev–Trinajstić information content (AvgIpc) is 3.09. The Morgan fingerprint density at radius 3 is 2.78 bits per heavy atom. The van der Waals surface area contributed by atoms with E-state index in [9.17, 15) is 4.79 Å². The van der Waals surface area contributed by atoms with Gasteiger partial charge >= 0.3 is 0 Å². The van der Waals surface area contributed by atoms with Crippen LogP contribution in [-0.2, 0) is 17.9 Å². The standard InChI is InChI=1S/C18H23N3OS/c19-18(22)15-3-1-9-21(13-15)16-7-5-14(6-8-16)11-20-12-17-4-2-10-23-17/h2,4-8,10,15,20H,1,3,9,11-13H2,(H2,19,22)/t15-/m0/s1. The summed E-state index contributed by atoms with van der Waals surface area (Å²) in [5, 5.41) is 5.56. The number of carbonyl (C=O) groups is 1. The highest BCUT2D eigenvalue weighted by Crippen LogP contribution is 2.23. The van der Waals surface area contributed by atoms with Gasteiger partial charge in [0.05, 0.1) is 5.92 Å². The van der Waals surface area contributed by atoms with Crippen molar-refractivity contribution in [3.8, 4) is 0 Å². The molecule has 0 unspecified atom stereocenters. The lowest BCUT2D eigenvalue weighted by atomic mass is 9.97. The van der Waals surface area contributed by atoms with E-state index in [1.165, 1.54) is 16.1 Å².